The van der Waals surface area contributed by atoms with Crippen molar-refractivity contribution < 1.29 is 0 Å². The smallest absolute Gasteiger partial charge is 0.0954 e. The summed E-state index contributed by atoms with van der Waals surface area (Å²) in [6.45, 7) is 6.37. The Bertz CT molecular complexity index is 512. The summed E-state index contributed by atoms with van der Waals surface area (Å²) in [6, 6.07) is 7.79. The van der Waals surface area contributed by atoms with Crippen molar-refractivity contribution >= 4 is 22.3 Å². The molecule has 2 aromatic rings. The van der Waals surface area contributed by atoms with E-state index < -0.39 is 0 Å². The molecular formula is C13H17N3. The van der Waals surface area contributed by atoms with Crippen molar-refractivity contribution in [2.75, 3.05) is 11.1 Å². The number of hydrogen-bond acceptors (Lipinski definition) is 3. The van der Waals surface area contributed by atoms with E-state index in [-0.39, 0.29) is 5.54 Å². The zero-order valence-corrected chi connectivity index (χ0v) is 9.91. The van der Waals surface area contributed by atoms with Crippen LogP contribution in [0.15, 0.2) is 30.5 Å². The number of nitrogen functional groups attached to an aromatic ring is 1. The zero-order chi connectivity index (χ0) is 11.8. The molecule has 0 saturated carbocycles. The van der Waals surface area contributed by atoms with Crippen molar-refractivity contribution in [2.45, 2.75) is 26.3 Å². The number of nitrogens with zero attached hydrogens (tertiary/aromatic N) is 1. The summed E-state index contributed by atoms with van der Waals surface area (Å²) in [5.41, 5.74) is 8.66. The maximum Gasteiger partial charge on any atom is 0.0954 e. The molecule has 0 aliphatic heterocycles. The fraction of sp³-hybridized carbons (Fsp3) is 0.308. The van der Waals surface area contributed by atoms with Gasteiger partial charge in [-0.15, -0.1) is 0 Å². The minimum atomic E-state index is 0.0145. The molecular weight excluding hydrogens is 198 g/mol. The molecule has 0 amide bonds. The van der Waals surface area contributed by atoms with Gasteiger partial charge in [-0.3, -0.25) is 4.98 Å². The molecule has 3 nitrogen and oxygen atoms in total. The van der Waals surface area contributed by atoms with Crippen LogP contribution in [0.3, 0.4) is 0 Å². The number of nitrogens with one attached hydrogen (secondary N) is 1. The Morgan fingerprint density at radius 3 is 2.62 bits per heavy atom. The lowest BCUT2D eigenvalue weighted by molar-refractivity contribution is 0.635. The maximum absolute atomic E-state index is 5.92. The van der Waals surface area contributed by atoms with Crippen LogP contribution in [0.25, 0.3) is 10.9 Å². The van der Waals surface area contributed by atoms with Crippen LogP contribution in [0.1, 0.15) is 20.8 Å². The summed E-state index contributed by atoms with van der Waals surface area (Å²) in [4.78, 5) is 4.38. The lowest BCUT2D eigenvalue weighted by atomic mass is 10.1. The van der Waals surface area contributed by atoms with Gasteiger partial charge >= 0.3 is 0 Å². The van der Waals surface area contributed by atoms with Gasteiger partial charge in [0.2, 0.25) is 0 Å². The van der Waals surface area contributed by atoms with Gasteiger partial charge < -0.3 is 11.1 Å². The number of anilines is 2. The fourth-order valence-electron chi connectivity index (χ4n) is 1.70. The van der Waals surface area contributed by atoms with Gasteiger partial charge in [0.25, 0.3) is 0 Å². The molecule has 0 aliphatic carbocycles. The van der Waals surface area contributed by atoms with Gasteiger partial charge in [-0.1, -0.05) is 0 Å². The number of nitrogens with two attached hydrogens (primary N) is 1. The van der Waals surface area contributed by atoms with E-state index in [1.807, 2.05) is 24.3 Å². The van der Waals surface area contributed by atoms with Gasteiger partial charge in [-0.2, -0.15) is 0 Å². The molecule has 2 rings (SSSR count). The van der Waals surface area contributed by atoms with Crippen LogP contribution in [-0.4, -0.2) is 10.5 Å². The van der Waals surface area contributed by atoms with Crippen molar-refractivity contribution in [3.05, 3.63) is 30.5 Å². The first-order valence-electron chi connectivity index (χ1n) is 5.39. The van der Waals surface area contributed by atoms with Gasteiger partial charge in [0.1, 0.15) is 0 Å². The molecule has 1 aromatic heterocycles. The van der Waals surface area contributed by atoms with E-state index in [0.717, 1.165) is 22.3 Å². The summed E-state index contributed by atoms with van der Waals surface area (Å²) < 4.78 is 0. The molecule has 0 radical (unpaired) electrons. The molecule has 0 aliphatic rings. The van der Waals surface area contributed by atoms with Crippen molar-refractivity contribution in [2.24, 2.45) is 0 Å². The fourth-order valence-corrected chi connectivity index (χ4v) is 1.70. The minimum absolute atomic E-state index is 0.0145. The maximum atomic E-state index is 5.92. The van der Waals surface area contributed by atoms with Gasteiger partial charge in [0, 0.05) is 22.8 Å². The predicted octanol–water partition coefficient (Wildman–Crippen LogP) is 3.03. The van der Waals surface area contributed by atoms with E-state index >= 15 is 0 Å². The van der Waals surface area contributed by atoms with E-state index in [1.54, 1.807) is 6.20 Å². The Balaban J connectivity index is 2.59. The van der Waals surface area contributed by atoms with E-state index in [0.29, 0.717) is 0 Å². The molecule has 1 aromatic carbocycles. The monoisotopic (exact) mass is 215 g/mol. The van der Waals surface area contributed by atoms with Gasteiger partial charge in [0.15, 0.2) is 0 Å². The molecule has 0 atom stereocenters. The summed E-state index contributed by atoms with van der Waals surface area (Å²) in [5, 5.41) is 4.43. The Labute approximate surface area is 95.7 Å². The first-order chi connectivity index (χ1) is 7.47. The van der Waals surface area contributed by atoms with Crippen LogP contribution in [0.2, 0.25) is 0 Å². The van der Waals surface area contributed by atoms with Crippen molar-refractivity contribution in [1.29, 1.82) is 0 Å². The Hall–Kier alpha value is -1.77. The highest BCUT2D eigenvalue weighted by Gasteiger charge is 2.12. The molecule has 84 valence electrons. The lowest BCUT2D eigenvalue weighted by Gasteiger charge is -2.23. The highest BCUT2D eigenvalue weighted by atomic mass is 15.0. The van der Waals surface area contributed by atoms with Crippen molar-refractivity contribution in [3.8, 4) is 0 Å². The molecule has 3 heteroatoms. The Kier molecular flexibility index (Phi) is 2.46. The average molecular weight is 215 g/mol. The molecule has 0 fully saturated rings. The number of aromatic nitrogens is 1. The second-order valence-electron chi connectivity index (χ2n) is 4.98. The molecule has 1 heterocycles. The summed E-state index contributed by atoms with van der Waals surface area (Å²) in [5.74, 6) is 0. The number of hydrogen-bond donors (Lipinski definition) is 2. The lowest BCUT2D eigenvalue weighted by Crippen LogP contribution is -2.26. The molecule has 3 N–H and O–H groups in total. The second kappa shape index (κ2) is 3.67. The van der Waals surface area contributed by atoms with Crippen LogP contribution in [0.4, 0.5) is 11.4 Å². The average Bonchev–Trinajstić information content (AvgIpc) is 2.21. The molecule has 0 bridgehead atoms. The van der Waals surface area contributed by atoms with Gasteiger partial charge in [-0.05, 0) is 45.0 Å². The Morgan fingerprint density at radius 1 is 1.19 bits per heavy atom. The third kappa shape index (κ3) is 2.08. The van der Waals surface area contributed by atoms with Crippen molar-refractivity contribution in [1.82, 2.24) is 4.98 Å². The summed E-state index contributed by atoms with van der Waals surface area (Å²) in [7, 11) is 0. The quantitative estimate of drug-likeness (QED) is 0.719. The predicted molar refractivity (Wildman–Crippen MR) is 69.5 cm³/mol. The largest absolute Gasteiger partial charge is 0.398 e. The first-order valence-corrected chi connectivity index (χ1v) is 5.39. The number of rotatable bonds is 1. The van der Waals surface area contributed by atoms with E-state index in [4.69, 9.17) is 5.73 Å². The number of benzene rings is 1. The van der Waals surface area contributed by atoms with E-state index in [9.17, 15) is 0 Å². The number of pyridine rings is 1. The van der Waals surface area contributed by atoms with E-state index in [2.05, 4.69) is 31.1 Å². The standard InChI is InChI=1S/C13H17N3/c1-13(2,3)16-11-7-6-10(14)9-5-4-8-15-12(9)11/h4-8,16H,14H2,1-3H3. The van der Waals surface area contributed by atoms with E-state index in [1.165, 1.54) is 0 Å². The minimum Gasteiger partial charge on any atom is -0.398 e. The van der Waals surface area contributed by atoms with Crippen LogP contribution < -0.4 is 11.1 Å². The Morgan fingerprint density at radius 2 is 1.94 bits per heavy atom. The van der Waals surface area contributed by atoms with Gasteiger partial charge in [-0.25, -0.2) is 0 Å². The van der Waals surface area contributed by atoms with Crippen LogP contribution >= 0.6 is 0 Å². The van der Waals surface area contributed by atoms with Crippen LogP contribution in [0, 0.1) is 0 Å². The van der Waals surface area contributed by atoms with Crippen LogP contribution in [-0.2, 0) is 0 Å². The summed E-state index contributed by atoms with van der Waals surface area (Å²) >= 11 is 0. The normalized spacial score (nSPS) is 11.7. The second-order valence-corrected chi connectivity index (χ2v) is 4.98. The molecule has 0 spiro atoms. The SMILES string of the molecule is CC(C)(C)Nc1ccc(N)c2cccnc12. The molecule has 0 saturated heterocycles. The third-order valence-electron chi connectivity index (χ3n) is 2.31. The highest BCUT2D eigenvalue weighted by Crippen LogP contribution is 2.27. The van der Waals surface area contributed by atoms with Crippen LogP contribution in [0.5, 0.6) is 0 Å². The molecule has 0 unspecified atom stereocenters. The zero-order valence-electron chi connectivity index (χ0n) is 9.91. The summed E-state index contributed by atoms with van der Waals surface area (Å²) in [6.07, 6.45) is 1.79. The first kappa shape index (κ1) is 10.7. The topological polar surface area (TPSA) is 50.9 Å². The highest BCUT2D eigenvalue weighted by molar-refractivity contribution is 5.98. The van der Waals surface area contributed by atoms with Gasteiger partial charge in [0.05, 0.1) is 11.2 Å². The molecule has 16 heavy (non-hydrogen) atoms. The van der Waals surface area contributed by atoms with Crippen molar-refractivity contribution in [3.63, 3.8) is 0 Å². The third-order valence-corrected chi connectivity index (χ3v) is 2.31. The number of fused-ring (bicyclic) bond motifs is 1.